The van der Waals surface area contributed by atoms with Crippen LogP contribution in [0.1, 0.15) is 30.4 Å². The number of nitrogens with one attached hydrogen (secondary N) is 2. The number of aryl methyl sites for hydroxylation is 1. The minimum atomic E-state index is -0.465. The number of methoxy groups -OCH3 is 1. The third-order valence-corrected chi connectivity index (χ3v) is 4.72. The molecule has 0 saturated carbocycles. The van der Waals surface area contributed by atoms with Gasteiger partial charge in [-0.1, -0.05) is 19.1 Å². The summed E-state index contributed by atoms with van der Waals surface area (Å²) in [7, 11) is 1.62. The van der Waals surface area contributed by atoms with Crippen LogP contribution in [-0.4, -0.2) is 31.9 Å². The van der Waals surface area contributed by atoms with Crippen molar-refractivity contribution in [2.45, 2.75) is 32.2 Å². The molecule has 142 valence electrons. The number of fused-ring (bicyclic) bond motifs is 1. The number of carbonyl (C=O) groups is 1. The smallest absolute Gasteiger partial charge is 0.237 e. The summed E-state index contributed by atoms with van der Waals surface area (Å²) in [6.45, 7) is 4.48. The van der Waals surface area contributed by atoms with Crippen molar-refractivity contribution in [1.29, 1.82) is 0 Å². The van der Waals surface area contributed by atoms with E-state index in [1.165, 1.54) is 6.07 Å². The summed E-state index contributed by atoms with van der Waals surface area (Å²) in [5.74, 6) is -0.966. The Morgan fingerprint density at radius 1 is 1.37 bits per heavy atom. The fourth-order valence-corrected chi connectivity index (χ4v) is 3.23. The number of aliphatic imine (C=N–C) groups is 1. The van der Waals surface area contributed by atoms with Crippen LogP contribution in [-0.2, 0) is 9.53 Å². The monoisotopic (exact) mass is 369 g/mol. The van der Waals surface area contributed by atoms with Gasteiger partial charge in [-0.3, -0.25) is 9.79 Å². The number of anilines is 2. The zero-order chi connectivity index (χ0) is 19.4. The second-order valence-electron chi connectivity index (χ2n) is 6.65. The van der Waals surface area contributed by atoms with Crippen LogP contribution in [0.5, 0.6) is 0 Å². The SMILES string of the molecule is CCC(COC)Nc1ccc(N=CC2C(=O)Nc3cccc(C)c32)cc1F. The Morgan fingerprint density at radius 3 is 2.89 bits per heavy atom. The molecule has 0 spiro atoms. The average Bonchev–Trinajstić information content (AvgIpc) is 2.97. The van der Waals surface area contributed by atoms with Crippen molar-refractivity contribution in [3.63, 3.8) is 0 Å². The summed E-state index contributed by atoms with van der Waals surface area (Å²) in [5, 5.41) is 5.99. The summed E-state index contributed by atoms with van der Waals surface area (Å²) in [4.78, 5) is 16.6. The molecule has 27 heavy (non-hydrogen) atoms. The van der Waals surface area contributed by atoms with Gasteiger partial charge >= 0.3 is 0 Å². The van der Waals surface area contributed by atoms with Gasteiger partial charge in [-0.05, 0) is 42.7 Å². The molecule has 2 aromatic carbocycles. The van der Waals surface area contributed by atoms with Crippen LogP contribution in [0.15, 0.2) is 41.4 Å². The Balaban J connectivity index is 1.77. The van der Waals surface area contributed by atoms with Crippen molar-refractivity contribution in [1.82, 2.24) is 0 Å². The molecular weight excluding hydrogens is 345 g/mol. The Kier molecular flexibility index (Phi) is 5.86. The van der Waals surface area contributed by atoms with Crippen molar-refractivity contribution < 1.29 is 13.9 Å². The van der Waals surface area contributed by atoms with Gasteiger partial charge in [0.15, 0.2) is 0 Å². The number of nitrogens with zero attached hydrogens (tertiary/aromatic N) is 1. The van der Waals surface area contributed by atoms with Crippen molar-refractivity contribution in [3.8, 4) is 0 Å². The van der Waals surface area contributed by atoms with Crippen molar-refractivity contribution in [2.75, 3.05) is 24.4 Å². The maximum Gasteiger partial charge on any atom is 0.237 e. The van der Waals surface area contributed by atoms with Crippen LogP contribution in [0.4, 0.5) is 21.5 Å². The predicted octanol–water partition coefficient (Wildman–Crippen LogP) is 4.41. The van der Waals surface area contributed by atoms with E-state index in [1.807, 2.05) is 32.0 Å². The number of benzene rings is 2. The molecule has 0 saturated heterocycles. The number of amides is 1. The van der Waals surface area contributed by atoms with Gasteiger partial charge in [0, 0.05) is 31.1 Å². The lowest BCUT2D eigenvalue weighted by atomic mass is 9.97. The van der Waals surface area contributed by atoms with Gasteiger partial charge in [0.05, 0.1) is 18.0 Å². The molecule has 6 heteroatoms. The first-order valence-corrected chi connectivity index (χ1v) is 9.03. The van der Waals surface area contributed by atoms with Crippen LogP contribution < -0.4 is 10.6 Å². The molecule has 0 bridgehead atoms. The molecule has 2 aromatic rings. The van der Waals surface area contributed by atoms with E-state index in [4.69, 9.17) is 4.74 Å². The molecule has 1 heterocycles. The molecular formula is C21H24FN3O2. The number of carbonyl (C=O) groups excluding carboxylic acids is 1. The maximum absolute atomic E-state index is 14.4. The molecule has 2 atom stereocenters. The topological polar surface area (TPSA) is 62.7 Å². The van der Waals surface area contributed by atoms with Gasteiger partial charge in [-0.2, -0.15) is 0 Å². The summed E-state index contributed by atoms with van der Waals surface area (Å²) in [6, 6.07) is 10.5. The molecule has 1 aliphatic heterocycles. The molecule has 0 fully saturated rings. The molecule has 3 rings (SSSR count). The van der Waals surface area contributed by atoms with E-state index in [-0.39, 0.29) is 17.8 Å². The lowest BCUT2D eigenvalue weighted by Gasteiger charge is -2.17. The van der Waals surface area contributed by atoms with E-state index >= 15 is 0 Å². The molecule has 1 aliphatic rings. The summed E-state index contributed by atoms with van der Waals surface area (Å²) in [5.41, 5.74) is 3.64. The van der Waals surface area contributed by atoms with E-state index in [2.05, 4.69) is 15.6 Å². The van der Waals surface area contributed by atoms with Gasteiger partial charge in [-0.25, -0.2) is 4.39 Å². The minimum Gasteiger partial charge on any atom is -0.383 e. The lowest BCUT2D eigenvalue weighted by molar-refractivity contribution is -0.115. The maximum atomic E-state index is 14.4. The molecule has 0 aliphatic carbocycles. The second kappa shape index (κ2) is 8.31. The first-order chi connectivity index (χ1) is 13.0. The normalized spacial score (nSPS) is 17.0. The molecule has 2 N–H and O–H groups in total. The van der Waals surface area contributed by atoms with Crippen molar-refractivity contribution in [3.05, 3.63) is 53.3 Å². The van der Waals surface area contributed by atoms with Gasteiger partial charge in [-0.15, -0.1) is 0 Å². The Hall–Kier alpha value is -2.73. The fourth-order valence-electron chi connectivity index (χ4n) is 3.23. The van der Waals surface area contributed by atoms with Gasteiger partial charge in [0.1, 0.15) is 11.7 Å². The van der Waals surface area contributed by atoms with Crippen LogP contribution in [0.2, 0.25) is 0 Å². The van der Waals surface area contributed by atoms with E-state index < -0.39 is 5.92 Å². The zero-order valence-corrected chi connectivity index (χ0v) is 15.8. The van der Waals surface area contributed by atoms with Crippen LogP contribution in [0.3, 0.4) is 0 Å². The Labute approximate surface area is 158 Å². The van der Waals surface area contributed by atoms with Crippen LogP contribution >= 0.6 is 0 Å². The highest BCUT2D eigenvalue weighted by molar-refractivity contribution is 6.13. The highest BCUT2D eigenvalue weighted by Gasteiger charge is 2.30. The average molecular weight is 369 g/mol. The fraction of sp³-hybridized carbons (Fsp3) is 0.333. The largest absolute Gasteiger partial charge is 0.383 e. The van der Waals surface area contributed by atoms with Gasteiger partial charge in [0.2, 0.25) is 5.91 Å². The first kappa shape index (κ1) is 19.0. The highest BCUT2D eigenvalue weighted by atomic mass is 19.1. The summed E-state index contributed by atoms with van der Waals surface area (Å²) < 4.78 is 19.5. The second-order valence-corrected chi connectivity index (χ2v) is 6.65. The lowest BCUT2D eigenvalue weighted by Crippen LogP contribution is -2.24. The first-order valence-electron chi connectivity index (χ1n) is 9.03. The quantitative estimate of drug-likeness (QED) is 0.711. The number of ether oxygens (including phenoxy) is 1. The third-order valence-electron chi connectivity index (χ3n) is 4.72. The molecule has 2 unspecified atom stereocenters. The standard InChI is InChI=1S/C21H24FN3O2/c1-4-14(12-27-3)24-18-9-8-15(10-17(18)22)23-11-16-20-13(2)6-5-7-19(20)25-21(16)26/h5-11,14,16,24H,4,12H2,1-3H3,(H,25,26). The van der Waals surface area contributed by atoms with Crippen molar-refractivity contribution in [2.24, 2.45) is 4.99 Å². The van der Waals surface area contributed by atoms with E-state index in [0.717, 1.165) is 23.2 Å². The van der Waals surface area contributed by atoms with Crippen LogP contribution in [0, 0.1) is 12.7 Å². The Bertz CT molecular complexity index is 867. The van der Waals surface area contributed by atoms with Crippen molar-refractivity contribution >= 4 is 29.2 Å². The number of halogens is 1. The summed E-state index contributed by atoms with van der Waals surface area (Å²) in [6.07, 6.45) is 2.40. The molecule has 1 amide bonds. The van der Waals surface area contributed by atoms with E-state index in [0.29, 0.717) is 18.0 Å². The van der Waals surface area contributed by atoms with E-state index in [9.17, 15) is 9.18 Å². The minimum absolute atomic E-state index is 0.0421. The molecule has 0 aromatic heterocycles. The molecule has 0 radical (unpaired) electrons. The summed E-state index contributed by atoms with van der Waals surface area (Å²) >= 11 is 0. The predicted molar refractivity (Wildman–Crippen MR) is 107 cm³/mol. The number of hydrogen-bond acceptors (Lipinski definition) is 4. The highest BCUT2D eigenvalue weighted by Crippen LogP contribution is 2.34. The van der Waals surface area contributed by atoms with Gasteiger partial charge in [0.25, 0.3) is 0 Å². The number of rotatable bonds is 7. The molecule has 5 nitrogen and oxygen atoms in total. The number of hydrogen-bond donors (Lipinski definition) is 2. The van der Waals surface area contributed by atoms with Crippen LogP contribution in [0.25, 0.3) is 0 Å². The third kappa shape index (κ3) is 4.17. The zero-order valence-electron chi connectivity index (χ0n) is 15.8. The van der Waals surface area contributed by atoms with E-state index in [1.54, 1.807) is 25.5 Å². The van der Waals surface area contributed by atoms with Gasteiger partial charge < -0.3 is 15.4 Å². The Morgan fingerprint density at radius 2 is 2.19 bits per heavy atom.